The Balaban J connectivity index is 2.50. The van der Waals surface area contributed by atoms with Crippen LogP contribution in [0, 0.1) is 0 Å². The Morgan fingerprint density at radius 1 is 1.41 bits per heavy atom. The minimum atomic E-state index is -0.904. The molecule has 0 radical (unpaired) electrons. The van der Waals surface area contributed by atoms with Gasteiger partial charge in [0.1, 0.15) is 11.8 Å². The molecule has 1 aromatic carbocycles. The highest BCUT2D eigenvalue weighted by atomic mass is 35.5. The number of aliphatic carboxylic acids is 1. The standard InChI is InChI=1S/C15H21ClN2O4/c1-3-4-11(15(20)21)17-8-7-14(19)18-12-9-10(16)5-6-13(12)22-2/h5-6,9,11,17H,3-4,7-8H2,1-2H3,(H,18,19)(H,20,21). The number of benzene rings is 1. The minimum absolute atomic E-state index is 0.156. The van der Waals surface area contributed by atoms with E-state index in [1.165, 1.54) is 7.11 Å². The lowest BCUT2D eigenvalue weighted by molar-refractivity contribution is -0.139. The topological polar surface area (TPSA) is 87.7 Å². The lowest BCUT2D eigenvalue weighted by atomic mass is 10.1. The number of methoxy groups -OCH3 is 1. The molecule has 0 aliphatic heterocycles. The SMILES string of the molecule is CCCC(NCCC(=O)Nc1cc(Cl)ccc1OC)C(=O)O. The predicted octanol–water partition coefficient (Wildman–Crippen LogP) is 2.52. The van der Waals surface area contributed by atoms with Crippen LogP contribution in [0.1, 0.15) is 26.2 Å². The van der Waals surface area contributed by atoms with E-state index in [2.05, 4.69) is 10.6 Å². The van der Waals surface area contributed by atoms with Crippen molar-refractivity contribution in [1.29, 1.82) is 0 Å². The van der Waals surface area contributed by atoms with Crippen molar-refractivity contribution in [3.8, 4) is 5.75 Å². The third kappa shape index (κ3) is 5.91. The molecule has 1 aromatic rings. The van der Waals surface area contributed by atoms with Crippen molar-refractivity contribution in [1.82, 2.24) is 5.32 Å². The molecule has 1 amide bonds. The predicted molar refractivity (Wildman–Crippen MR) is 85.6 cm³/mol. The number of anilines is 1. The number of halogens is 1. The molecular weight excluding hydrogens is 308 g/mol. The van der Waals surface area contributed by atoms with E-state index in [-0.39, 0.29) is 18.9 Å². The Kier molecular flexibility index (Phi) is 7.70. The molecule has 122 valence electrons. The van der Waals surface area contributed by atoms with Gasteiger partial charge in [0.05, 0.1) is 12.8 Å². The molecule has 0 fully saturated rings. The number of carbonyl (C=O) groups is 2. The van der Waals surface area contributed by atoms with E-state index in [1.807, 2.05) is 6.92 Å². The monoisotopic (exact) mass is 328 g/mol. The number of rotatable bonds is 9. The van der Waals surface area contributed by atoms with Gasteiger partial charge in [0.2, 0.25) is 5.91 Å². The normalized spacial score (nSPS) is 11.8. The van der Waals surface area contributed by atoms with Crippen molar-refractivity contribution in [3.05, 3.63) is 23.2 Å². The Hall–Kier alpha value is -1.79. The van der Waals surface area contributed by atoms with E-state index in [4.69, 9.17) is 21.4 Å². The summed E-state index contributed by atoms with van der Waals surface area (Å²) in [5, 5.41) is 15.1. The van der Waals surface area contributed by atoms with Gasteiger partial charge in [0.15, 0.2) is 0 Å². The Morgan fingerprint density at radius 2 is 2.14 bits per heavy atom. The van der Waals surface area contributed by atoms with Crippen LogP contribution in [0.25, 0.3) is 0 Å². The second kappa shape index (κ2) is 9.27. The molecule has 0 heterocycles. The summed E-state index contributed by atoms with van der Waals surface area (Å²) in [7, 11) is 1.50. The number of nitrogens with one attached hydrogen (secondary N) is 2. The van der Waals surface area contributed by atoms with Gasteiger partial charge in [0, 0.05) is 18.0 Å². The third-order valence-electron chi connectivity index (χ3n) is 3.05. The van der Waals surface area contributed by atoms with Gasteiger partial charge in [-0.2, -0.15) is 0 Å². The molecule has 0 saturated heterocycles. The summed E-state index contributed by atoms with van der Waals surface area (Å²) in [6.07, 6.45) is 1.44. The summed E-state index contributed by atoms with van der Waals surface area (Å²) in [4.78, 5) is 22.9. The van der Waals surface area contributed by atoms with Crippen molar-refractivity contribution in [3.63, 3.8) is 0 Å². The van der Waals surface area contributed by atoms with Gasteiger partial charge in [-0.1, -0.05) is 24.9 Å². The van der Waals surface area contributed by atoms with Crippen LogP contribution < -0.4 is 15.4 Å². The molecule has 0 aliphatic carbocycles. The molecule has 3 N–H and O–H groups in total. The first-order valence-electron chi connectivity index (χ1n) is 7.07. The number of hydrogen-bond donors (Lipinski definition) is 3. The summed E-state index contributed by atoms with van der Waals surface area (Å²) in [5.74, 6) is -0.632. The molecule has 0 spiro atoms. The molecule has 0 saturated carbocycles. The lowest BCUT2D eigenvalue weighted by Gasteiger charge is -2.14. The molecule has 1 atom stereocenters. The van der Waals surface area contributed by atoms with E-state index in [0.29, 0.717) is 22.9 Å². The van der Waals surface area contributed by atoms with Crippen LogP contribution >= 0.6 is 11.6 Å². The van der Waals surface area contributed by atoms with E-state index in [1.54, 1.807) is 18.2 Å². The number of ether oxygens (including phenoxy) is 1. The zero-order chi connectivity index (χ0) is 16.5. The van der Waals surface area contributed by atoms with Gasteiger partial charge in [-0.05, 0) is 24.6 Å². The van der Waals surface area contributed by atoms with E-state index >= 15 is 0 Å². The van der Waals surface area contributed by atoms with Crippen LogP contribution in [0.3, 0.4) is 0 Å². The second-order valence-electron chi connectivity index (χ2n) is 4.78. The average Bonchev–Trinajstić information content (AvgIpc) is 2.46. The average molecular weight is 329 g/mol. The van der Waals surface area contributed by atoms with Crippen LogP contribution in [0.2, 0.25) is 5.02 Å². The number of amides is 1. The fourth-order valence-electron chi connectivity index (χ4n) is 1.95. The van der Waals surface area contributed by atoms with Crippen LogP contribution in [-0.4, -0.2) is 36.7 Å². The van der Waals surface area contributed by atoms with E-state index < -0.39 is 12.0 Å². The highest BCUT2D eigenvalue weighted by Crippen LogP contribution is 2.27. The fourth-order valence-corrected chi connectivity index (χ4v) is 2.12. The third-order valence-corrected chi connectivity index (χ3v) is 3.29. The van der Waals surface area contributed by atoms with Crippen molar-refractivity contribution in [2.24, 2.45) is 0 Å². The quantitative estimate of drug-likeness (QED) is 0.648. The zero-order valence-electron chi connectivity index (χ0n) is 12.7. The molecule has 1 unspecified atom stereocenters. The zero-order valence-corrected chi connectivity index (χ0v) is 13.4. The second-order valence-corrected chi connectivity index (χ2v) is 5.21. The van der Waals surface area contributed by atoms with Gasteiger partial charge in [-0.15, -0.1) is 0 Å². The van der Waals surface area contributed by atoms with Crippen molar-refractivity contribution < 1.29 is 19.4 Å². The fraction of sp³-hybridized carbons (Fsp3) is 0.467. The van der Waals surface area contributed by atoms with Gasteiger partial charge in [-0.25, -0.2) is 0 Å². The van der Waals surface area contributed by atoms with Crippen molar-refractivity contribution in [2.45, 2.75) is 32.2 Å². The number of carbonyl (C=O) groups excluding carboxylic acids is 1. The number of hydrogen-bond acceptors (Lipinski definition) is 4. The molecule has 22 heavy (non-hydrogen) atoms. The molecule has 0 aliphatic rings. The summed E-state index contributed by atoms with van der Waals surface area (Å²) >= 11 is 5.89. The van der Waals surface area contributed by atoms with E-state index in [0.717, 1.165) is 6.42 Å². The summed E-state index contributed by atoms with van der Waals surface area (Å²) in [6.45, 7) is 2.20. The largest absolute Gasteiger partial charge is 0.495 e. The van der Waals surface area contributed by atoms with Crippen LogP contribution in [-0.2, 0) is 9.59 Å². The number of carboxylic acids is 1. The number of carboxylic acid groups (broad SMARTS) is 1. The van der Waals surface area contributed by atoms with Crippen LogP contribution in [0.4, 0.5) is 5.69 Å². The molecule has 7 heteroatoms. The van der Waals surface area contributed by atoms with Crippen LogP contribution in [0.15, 0.2) is 18.2 Å². The maximum absolute atomic E-state index is 11.9. The molecule has 6 nitrogen and oxygen atoms in total. The first-order valence-corrected chi connectivity index (χ1v) is 7.45. The molecule has 0 bridgehead atoms. The maximum atomic E-state index is 11.9. The Bertz CT molecular complexity index is 522. The summed E-state index contributed by atoms with van der Waals surface area (Å²) in [5.41, 5.74) is 0.489. The summed E-state index contributed by atoms with van der Waals surface area (Å²) < 4.78 is 5.14. The highest BCUT2D eigenvalue weighted by molar-refractivity contribution is 6.31. The maximum Gasteiger partial charge on any atom is 0.320 e. The smallest absolute Gasteiger partial charge is 0.320 e. The lowest BCUT2D eigenvalue weighted by Crippen LogP contribution is -2.38. The van der Waals surface area contributed by atoms with Gasteiger partial charge in [0.25, 0.3) is 0 Å². The van der Waals surface area contributed by atoms with Gasteiger partial charge < -0.3 is 20.5 Å². The summed E-state index contributed by atoms with van der Waals surface area (Å²) in [6, 6.07) is 4.30. The van der Waals surface area contributed by atoms with Crippen LogP contribution in [0.5, 0.6) is 5.75 Å². The first-order chi connectivity index (χ1) is 10.5. The Morgan fingerprint density at radius 3 is 2.73 bits per heavy atom. The molecule has 1 rings (SSSR count). The minimum Gasteiger partial charge on any atom is -0.495 e. The van der Waals surface area contributed by atoms with Crippen molar-refractivity contribution >= 4 is 29.2 Å². The first kappa shape index (κ1) is 18.3. The van der Waals surface area contributed by atoms with Crippen molar-refractivity contribution in [2.75, 3.05) is 19.0 Å². The van der Waals surface area contributed by atoms with Gasteiger partial charge in [-0.3, -0.25) is 9.59 Å². The Labute approximate surface area is 134 Å². The molecular formula is C15H21ClN2O4. The van der Waals surface area contributed by atoms with E-state index in [9.17, 15) is 9.59 Å². The highest BCUT2D eigenvalue weighted by Gasteiger charge is 2.16. The molecule has 0 aromatic heterocycles. The van der Waals surface area contributed by atoms with Gasteiger partial charge >= 0.3 is 5.97 Å².